The van der Waals surface area contributed by atoms with E-state index in [-0.39, 0.29) is 18.6 Å². The number of hydrogen-bond acceptors (Lipinski definition) is 4. The number of likely N-dealkylation sites (tertiary alicyclic amines) is 1. The fraction of sp³-hybridized carbons (Fsp3) is 0.286. The van der Waals surface area contributed by atoms with Crippen molar-refractivity contribution in [1.29, 1.82) is 0 Å². The lowest BCUT2D eigenvalue weighted by Gasteiger charge is -2.32. The molecule has 1 saturated heterocycles. The van der Waals surface area contributed by atoms with Crippen molar-refractivity contribution in [2.75, 3.05) is 13.1 Å². The van der Waals surface area contributed by atoms with Crippen molar-refractivity contribution in [2.45, 2.75) is 25.5 Å². The molecule has 2 heterocycles. The van der Waals surface area contributed by atoms with Gasteiger partial charge in [-0.1, -0.05) is 30.3 Å². The Kier molecular flexibility index (Phi) is 5.23. The minimum absolute atomic E-state index is 0.00149. The molecule has 0 unspecified atom stereocenters. The number of benzene rings is 2. The summed E-state index contributed by atoms with van der Waals surface area (Å²) < 4.78 is 5.27. The molecule has 2 amide bonds. The van der Waals surface area contributed by atoms with E-state index in [2.05, 4.69) is 15.3 Å². The molecule has 0 spiro atoms. The molecular formula is C21H22N4O3. The van der Waals surface area contributed by atoms with Crippen molar-refractivity contribution in [3.05, 3.63) is 66.0 Å². The molecule has 1 aliphatic rings. The van der Waals surface area contributed by atoms with Gasteiger partial charge in [-0.2, -0.15) is 0 Å². The van der Waals surface area contributed by atoms with Crippen LogP contribution < -0.4 is 5.32 Å². The van der Waals surface area contributed by atoms with Gasteiger partial charge in [-0.25, -0.2) is 9.78 Å². The number of H-pyrrole nitrogens is 1. The monoisotopic (exact) mass is 378 g/mol. The number of rotatable bonds is 4. The predicted molar refractivity (Wildman–Crippen MR) is 105 cm³/mol. The van der Waals surface area contributed by atoms with Crippen molar-refractivity contribution in [3.8, 4) is 0 Å². The van der Waals surface area contributed by atoms with Gasteiger partial charge in [0, 0.05) is 24.7 Å². The minimum Gasteiger partial charge on any atom is -0.445 e. The zero-order valence-corrected chi connectivity index (χ0v) is 15.4. The molecule has 0 aliphatic carbocycles. The lowest BCUT2D eigenvalue weighted by Crippen LogP contribution is -2.46. The van der Waals surface area contributed by atoms with Crippen molar-refractivity contribution >= 4 is 23.0 Å². The molecule has 2 N–H and O–H groups in total. The van der Waals surface area contributed by atoms with Crippen LogP contribution in [0.15, 0.2) is 54.9 Å². The number of carbonyl (C=O) groups is 2. The summed E-state index contributed by atoms with van der Waals surface area (Å²) in [6, 6.07) is 15.1. The van der Waals surface area contributed by atoms with Gasteiger partial charge in [0.05, 0.1) is 17.4 Å². The number of fused-ring (bicyclic) bond motifs is 1. The van der Waals surface area contributed by atoms with Crippen LogP contribution >= 0.6 is 0 Å². The lowest BCUT2D eigenvalue weighted by molar-refractivity contribution is 0.0701. The minimum atomic E-state index is -0.418. The summed E-state index contributed by atoms with van der Waals surface area (Å²) in [6.07, 6.45) is 2.61. The number of imidazole rings is 1. The highest BCUT2D eigenvalue weighted by Gasteiger charge is 2.25. The molecular weight excluding hydrogens is 356 g/mol. The number of carbonyl (C=O) groups excluding carboxylic acids is 2. The number of aromatic amines is 1. The van der Waals surface area contributed by atoms with E-state index < -0.39 is 6.09 Å². The van der Waals surface area contributed by atoms with Gasteiger partial charge in [0.1, 0.15) is 6.61 Å². The fourth-order valence-corrected chi connectivity index (χ4v) is 3.41. The Morgan fingerprint density at radius 2 is 1.93 bits per heavy atom. The summed E-state index contributed by atoms with van der Waals surface area (Å²) in [4.78, 5) is 33.8. The Balaban J connectivity index is 1.25. The molecule has 0 radical (unpaired) electrons. The number of aromatic nitrogens is 2. The van der Waals surface area contributed by atoms with Crippen LogP contribution in [0, 0.1) is 0 Å². The zero-order chi connectivity index (χ0) is 19.3. The smallest absolute Gasteiger partial charge is 0.407 e. The third-order valence-corrected chi connectivity index (χ3v) is 4.98. The highest BCUT2D eigenvalue weighted by atomic mass is 16.5. The van der Waals surface area contributed by atoms with E-state index in [0.29, 0.717) is 31.5 Å². The normalized spacial score (nSPS) is 14.8. The summed E-state index contributed by atoms with van der Waals surface area (Å²) in [7, 11) is 0. The van der Waals surface area contributed by atoms with Gasteiger partial charge in [-0.15, -0.1) is 0 Å². The van der Waals surface area contributed by atoms with Crippen LogP contribution in [0.25, 0.3) is 11.0 Å². The molecule has 144 valence electrons. The summed E-state index contributed by atoms with van der Waals surface area (Å²) in [6.45, 7) is 1.45. The first-order chi connectivity index (χ1) is 13.7. The van der Waals surface area contributed by atoms with E-state index in [1.165, 1.54) is 0 Å². The van der Waals surface area contributed by atoms with Gasteiger partial charge in [0.2, 0.25) is 0 Å². The Morgan fingerprint density at radius 1 is 1.14 bits per heavy atom. The maximum absolute atomic E-state index is 12.7. The molecule has 1 aliphatic heterocycles. The van der Waals surface area contributed by atoms with Crippen LogP contribution in [0.4, 0.5) is 4.79 Å². The van der Waals surface area contributed by atoms with Gasteiger partial charge in [-0.3, -0.25) is 4.79 Å². The number of alkyl carbamates (subject to hydrolysis) is 1. The third-order valence-electron chi connectivity index (χ3n) is 4.98. The maximum Gasteiger partial charge on any atom is 0.407 e. The molecule has 0 atom stereocenters. The Bertz CT molecular complexity index is 962. The molecule has 7 heteroatoms. The number of amides is 2. The van der Waals surface area contributed by atoms with Crippen LogP contribution in [0.1, 0.15) is 28.8 Å². The number of hydrogen-bond donors (Lipinski definition) is 2. The van der Waals surface area contributed by atoms with Gasteiger partial charge in [-0.05, 0) is 36.6 Å². The van der Waals surface area contributed by atoms with Gasteiger partial charge in [0.15, 0.2) is 0 Å². The Hall–Kier alpha value is -3.35. The zero-order valence-electron chi connectivity index (χ0n) is 15.4. The second-order valence-electron chi connectivity index (χ2n) is 6.91. The standard InChI is InChI=1S/C21H22N4O3/c26-20(16-6-7-18-19(12-16)23-14-22-18)25-10-8-17(9-11-25)24-21(27)28-13-15-4-2-1-3-5-15/h1-7,12,14,17H,8-11,13H2,(H,22,23)(H,24,27). The van der Waals surface area contributed by atoms with E-state index in [0.717, 1.165) is 16.6 Å². The van der Waals surface area contributed by atoms with Gasteiger partial charge < -0.3 is 19.9 Å². The summed E-state index contributed by atoms with van der Waals surface area (Å²) in [5, 5.41) is 2.90. The van der Waals surface area contributed by atoms with Crippen molar-refractivity contribution in [3.63, 3.8) is 0 Å². The number of ether oxygens (including phenoxy) is 1. The molecule has 0 saturated carbocycles. The molecule has 7 nitrogen and oxygen atoms in total. The van der Waals surface area contributed by atoms with E-state index in [4.69, 9.17) is 4.74 Å². The molecule has 0 bridgehead atoms. The van der Waals surface area contributed by atoms with Crippen LogP contribution in [0.3, 0.4) is 0 Å². The van der Waals surface area contributed by atoms with Gasteiger partial charge in [0.25, 0.3) is 5.91 Å². The second-order valence-corrected chi connectivity index (χ2v) is 6.91. The Morgan fingerprint density at radius 3 is 2.71 bits per heavy atom. The number of nitrogens with one attached hydrogen (secondary N) is 2. The molecule has 3 aromatic rings. The first kappa shape index (κ1) is 18.0. The van der Waals surface area contributed by atoms with E-state index in [1.54, 1.807) is 12.4 Å². The third kappa shape index (κ3) is 4.14. The van der Waals surface area contributed by atoms with Crippen LogP contribution in [0.2, 0.25) is 0 Å². The van der Waals surface area contributed by atoms with E-state index in [1.807, 2.05) is 47.4 Å². The average molecular weight is 378 g/mol. The average Bonchev–Trinajstić information content (AvgIpc) is 3.21. The fourth-order valence-electron chi connectivity index (χ4n) is 3.41. The van der Waals surface area contributed by atoms with E-state index >= 15 is 0 Å². The summed E-state index contributed by atoms with van der Waals surface area (Å²) in [5.74, 6) is 0.00149. The molecule has 4 rings (SSSR count). The Labute approximate surface area is 162 Å². The van der Waals surface area contributed by atoms with Crippen LogP contribution in [-0.4, -0.2) is 46.0 Å². The molecule has 28 heavy (non-hydrogen) atoms. The van der Waals surface area contributed by atoms with Crippen molar-refractivity contribution in [1.82, 2.24) is 20.2 Å². The second kappa shape index (κ2) is 8.12. The predicted octanol–water partition coefficient (Wildman–Crippen LogP) is 3.09. The van der Waals surface area contributed by atoms with Crippen LogP contribution in [-0.2, 0) is 11.3 Å². The SMILES string of the molecule is O=C(NC1CCN(C(=O)c2ccc3nc[nH]c3c2)CC1)OCc1ccccc1. The largest absolute Gasteiger partial charge is 0.445 e. The quantitative estimate of drug-likeness (QED) is 0.730. The highest BCUT2D eigenvalue weighted by molar-refractivity contribution is 5.97. The topological polar surface area (TPSA) is 87.3 Å². The number of piperidine rings is 1. The van der Waals surface area contributed by atoms with Gasteiger partial charge >= 0.3 is 6.09 Å². The molecule has 1 aromatic heterocycles. The summed E-state index contributed by atoms with van der Waals surface area (Å²) in [5.41, 5.74) is 3.29. The molecule has 2 aromatic carbocycles. The molecule has 1 fully saturated rings. The van der Waals surface area contributed by atoms with E-state index in [9.17, 15) is 9.59 Å². The first-order valence-electron chi connectivity index (χ1n) is 9.39. The highest BCUT2D eigenvalue weighted by Crippen LogP contribution is 2.17. The van der Waals surface area contributed by atoms with Crippen LogP contribution in [0.5, 0.6) is 0 Å². The first-order valence-corrected chi connectivity index (χ1v) is 9.39. The number of nitrogens with zero attached hydrogens (tertiary/aromatic N) is 2. The maximum atomic E-state index is 12.7. The summed E-state index contributed by atoms with van der Waals surface area (Å²) >= 11 is 0. The van der Waals surface area contributed by atoms with Crippen molar-refractivity contribution < 1.29 is 14.3 Å². The lowest BCUT2D eigenvalue weighted by atomic mass is 10.0. The van der Waals surface area contributed by atoms with Crippen molar-refractivity contribution in [2.24, 2.45) is 0 Å².